The number of imidazole rings is 1. The van der Waals surface area contributed by atoms with Crippen LogP contribution in [-0.2, 0) is 9.59 Å². The number of aliphatic hydroxyl groups is 1. The van der Waals surface area contributed by atoms with E-state index >= 15 is 0 Å². The molecule has 1 atom stereocenters. The number of hydrogen-bond donors (Lipinski definition) is 1. The molecule has 1 N–H and O–H groups in total. The Balaban J connectivity index is 1.81. The second kappa shape index (κ2) is 10.5. The van der Waals surface area contributed by atoms with Crippen molar-refractivity contribution >= 4 is 23.1 Å². The Morgan fingerprint density at radius 1 is 1.11 bits per heavy atom. The molecule has 0 radical (unpaired) electrons. The molecule has 3 aromatic rings. The number of carbonyl (C=O) groups is 2. The molecule has 1 aromatic carbocycles. The number of nitrogens with zero attached hydrogens (tertiary/aromatic N) is 4. The van der Waals surface area contributed by atoms with Crippen LogP contribution in [-0.4, -0.2) is 69.3 Å². The molecule has 1 aliphatic heterocycles. The highest BCUT2D eigenvalue weighted by Gasteiger charge is 2.46. The molecule has 0 bridgehead atoms. The van der Waals surface area contributed by atoms with E-state index in [1.165, 1.54) is 0 Å². The number of aliphatic hydroxyl groups excluding tert-OH is 1. The van der Waals surface area contributed by atoms with Crippen molar-refractivity contribution in [2.75, 3.05) is 33.3 Å². The maximum absolute atomic E-state index is 13.4. The van der Waals surface area contributed by atoms with Gasteiger partial charge in [0.15, 0.2) is 5.76 Å². The molecule has 1 unspecified atom stereocenters. The van der Waals surface area contributed by atoms with Crippen LogP contribution in [0.5, 0.6) is 5.75 Å². The maximum Gasteiger partial charge on any atom is 0.295 e. The molecule has 8 nitrogen and oxygen atoms in total. The Hall–Kier alpha value is -3.65. The Morgan fingerprint density at radius 2 is 1.81 bits per heavy atom. The molecule has 1 amide bonds. The molecule has 0 spiro atoms. The van der Waals surface area contributed by atoms with Crippen LogP contribution in [0.2, 0.25) is 0 Å². The predicted molar refractivity (Wildman–Crippen MR) is 139 cm³/mol. The Kier molecular flexibility index (Phi) is 7.45. The van der Waals surface area contributed by atoms with E-state index in [2.05, 4.69) is 23.7 Å². The Bertz CT molecular complexity index is 1310. The largest absolute Gasteiger partial charge is 0.505 e. The van der Waals surface area contributed by atoms with Gasteiger partial charge >= 0.3 is 0 Å². The zero-order chi connectivity index (χ0) is 26.0. The SMILES string of the molecule is CCN(CC)CCCN1C(=O)C(=O)/C(=C(/O)c2nc3c(C)cccn3c2C)C1c1ccc(OC)cc1. The van der Waals surface area contributed by atoms with Crippen molar-refractivity contribution in [2.45, 2.75) is 40.2 Å². The van der Waals surface area contributed by atoms with Crippen molar-refractivity contribution in [1.29, 1.82) is 0 Å². The van der Waals surface area contributed by atoms with Crippen molar-refractivity contribution in [1.82, 2.24) is 19.2 Å². The van der Waals surface area contributed by atoms with Gasteiger partial charge in [0.05, 0.1) is 24.4 Å². The Morgan fingerprint density at radius 3 is 2.42 bits per heavy atom. The number of fused-ring (bicyclic) bond motifs is 1. The second-order valence-corrected chi connectivity index (χ2v) is 9.08. The molecular weight excluding hydrogens is 456 g/mol. The summed E-state index contributed by atoms with van der Waals surface area (Å²) >= 11 is 0. The lowest BCUT2D eigenvalue weighted by molar-refractivity contribution is -0.140. The number of ketones is 1. The summed E-state index contributed by atoms with van der Waals surface area (Å²) in [5.41, 5.74) is 3.46. The van der Waals surface area contributed by atoms with Gasteiger partial charge in [-0.1, -0.05) is 32.0 Å². The fourth-order valence-electron chi connectivity index (χ4n) is 4.92. The Labute approximate surface area is 211 Å². The highest BCUT2D eigenvalue weighted by Crippen LogP contribution is 2.40. The van der Waals surface area contributed by atoms with E-state index in [0.29, 0.717) is 35.8 Å². The minimum absolute atomic E-state index is 0.0668. The first-order valence-corrected chi connectivity index (χ1v) is 12.4. The lowest BCUT2D eigenvalue weighted by Gasteiger charge is -2.26. The lowest BCUT2D eigenvalue weighted by Crippen LogP contribution is -2.33. The number of pyridine rings is 1. The number of amides is 1. The number of likely N-dealkylation sites (tertiary alicyclic amines) is 1. The van der Waals surface area contributed by atoms with Gasteiger partial charge in [-0.25, -0.2) is 4.98 Å². The first-order chi connectivity index (χ1) is 17.3. The van der Waals surface area contributed by atoms with E-state index in [0.717, 1.165) is 30.8 Å². The average molecular weight is 491 g/mol. The van der Waals surface area contributed by atoms with E-state index in [-0.39, 0.29) is 11.3 Å². The smallest absolute Gasteiger partial charge is 0.295 e. The minimum Gasteiger partial charge on any atom is -0.505 e. The first-order valence-electron chi connectivity index (χ1n) is 12.4. The molecule has 36 heavy (non-hydrogen) atoms. The molecule has 1 aliphatic rings. The van der Waals surface area contributed by atoms with Crippen molar-refractivity contribution in [2.24, 2.45) is 0 Å². The molecule has 1 saturated heterocycles. The summed E-state index contributed by atoms with van der Waals surface area (Å²) in [7, 11) is 1.59. The van der Waals surface area contributed by atoms with Gasteiger partial charge in [-0.2, -0.15) is 0 Å². The zero-order valence-corrected chi connectivity index (χ0v) is 21.6. The molecular formula is C28H34N4O4. The topological polar surface area (TPSA) is 87.4 Å². The minimum atomic E-state index is -0.710. The molecule has 4 rings (SSSR count). The van der Waals surface area contributed by atoms with E-state index < -0.39 is 17.7 Å². The number of Topliss-reactive ketones (excluding diaryl/α,β-unsaturated/α-hetero) is 1. The molecule has 190 valence electrons. The van der Waals surface area contributed by atoms with Crippen molar-refractivity contribution in [3.05, 3.63) is 70.7 Å². The van der Waals surface area contributed by atoms with Crippen molar-refractivity contribution in [3.8, 4) is 5.75 Å². The van der Waals surface area contributed by atoms with Crippen LogP contribution in [0.4, 0.5) is 0 Å². The molecule has 0 aliphatic carbocycles. The second-order valence-electron chi connectivity index (χ2n) is 9.08. The molecule has 8 heteroatoms. The van der Waals surface area contributed by atoms with Gasteiger partial charge in [-0.05, 0) is 69.2 Å². The van der Waals surface area contributed by atoms with E-state index in [1.807, 2.05) is 48.7 Å². The van der Waals surface area contributed by atoms with E-state index in [4.69, 9.17) is 4.74 Å². The number of benzene rings is 1. The third-order valence-electron chi connectivity index (χ3n) is 7.05. The van der Waals surface area contributed by atoms with Crippen LogP contribution in [0, 0.1) is 13.8 Å². The number of aryl methyl sites for hydroxylation is 2. The van der Waals surface area contributed by atoms with Crippen LogP contribution in [0.25, 0.3) is 11.4 Å². The van der Waals surface area contributed by atoms with E-state index in [1.54, 1.807) is 24.1 Å². The molecule has 3 heterocycles. The predicted octanol–water partition coefficient (Wildman–Crippen LogP) is 4.11. The van der Waals surface area contributed by atoms with Crippen molar-refractivity contribution < 1.29 is 19.4 Å². The van der Waals surface area contributed by atoms with Crippen LogP contribution >= 0.6 is 0 Å². The summed E-state index contributed by atoms with van der Waals surface area (Å²) < 4.78 is 7.18. The monoisotopic (exact) mass is 490 g/mol. The van der Waals surface area contributed by atoms with Crippen LogP contribution in [0.1, 0.15) is 48.8 Å². The zero-order valence-electron chi connectivity index (χ0n) is 21.6. The summed E-state index contributed by atoms with van der Waals surface area (Å²) in [6.07, 6.45) is 2.59. The van der Waals surface area contributed by atoms with Gasteiger partial charge in [0.25, 0.3) is 11.7 Å². The highest BCUT2D eigenvalue weighted by molar-refractivity contribution is 6.46. The maximum atomic E-state index is 13.4. The van der Waals surface area contributed by atoms with Gasteiger partial charge in [0.1, 0.15) is 17.1 Å². The molecule has 2 aromatic heterocycles. The summed E-state index contributed by atoms with van der Waals surface area (Å²) in [4.78, 5) is 35.1. The summed E-state index contributed by atoms with van der Waals surface area (Å²) in [5.74, 6) is -0.872. The first kappa shape index (κ1) is 25.4. The number of rotatable bonds is 9. The van der Waals surface area contributed by atoms with Crippen LogP contribution in [0.3, 0.4) is 0 Å². The van der Waals surface area contributed by atoms with Gasteiger partial charge < -0.3 is 24.0 Å². The third-order valence-corrected chi connectivity index (χ3v) is 7.05. The normalized spacial score (nSPS) is 17.5. The third kappa shape index (κ3) is 4.48. The van der Waals surface area contributed by atoms with Gasteiger partial charge in [0.2, 0.25) is 0 Å². The van der Waals surface area contributed by atoms with E-state index in [9.17, 15) is 14.7 Å². The summed E-state index contributed by atoms with van der Waals surface area (Å²) in [6, 6.07) is 10.4. The van der Waals surface area contributed by atoms with Crippen LogP contribution < -0.4 is 4.74 Å². The number of methoxy groups -OCH3 is 1. The quantitative estimate of drug-likeness (QED) is 0.276. The van der Waals surface area contributed by atoms with Gasteiger partial charge in [-0.3, -0.25) is 9.59 Å². The summed E-state index contributed by atoms with van der Waals surface area (Å²) in [6.45, 7) is 11.0. The van der Waals surface area contributed by atoms with Crippen LogP contribution in [0.15, 0.2) is 48.2 Å². The standard InChI is InChI=1S/C28H34N4O4/c1-6-30(7-2)15-9-17-32-24(20-11-13-21(36-5)14-12-20)22(26(34)28(32)35)25(33)23-19(4)31-16-8-10-18(3)27(31)29-23/h8,10-14,16,24,33H,6-7,9,15,17H2,1-5H3/b25-22+. The fourth-order valence-corrected chi connectivity index (χ4v) is 4.92. The average Bonchev–Trinajstić information content (AvgIpc) is 3.36. The highest BCUT2D eigenvalue weighted by atomic mass is 16.5. The summed E-state index contributed by atoms with van der Waals surface area (Å²) in [5, 5.41) is 11.5. The van der Waals surface area contributed by atoms with Gasteiger partial charge in [0, 0.05) is 12.7 Å². The number of ether oxygens (including phenoxy) is 1. The fraction of sp³-hybridized carbons (Fsp3) is 0.393. The van der Waals surface area contributed by atoms with Crippen molar-refractivity contribution in [3.63, 3.8) is 0 Å². The lowest BCUT2D eigenvalue weighted by atomic mass is 9.96. The molecule has 0 saturated carbocycles. The number of carbonyl (C=O) groups excluding carboxylic acids is 2. The van der Waals surface area contributed by atoms with Gasteiger partial charge in [-0.15, -0.1) is 0 Å². The number of hydrogen-bond acceptors (Lipinski definition) is 6. The molecule has 1 fully saturated rings. The number of aromatic nitrogens is 2.